The lowest BCUT2D eigenvalue weighted by atomic mass is 10.1. The van der Waals surface area contributed by atoms with Crippen LogP contribution in [-0.4, -0.2) is 50.0 Å². The summed E-state index contributed by atoms with van der Waals surface area (Å²) < 4.78 is 7.83. The van der Waals surface area contributed by atoms with Gasteiger partial charge in [0.25, 0.3) is 11.7 Å². The summed E-state index contributed by atoms with van der Waals surface area (Å²) in [6, 6.07) is 20.1. The number of hydrogen-bond donors (Lipinski definition) is 1. The highest BCUT2D eigenvalue weighted by Gasteiger charge is 2.24. The van der Waals surface area contributed by atoms with Crippen molar-refractivity contribution in [1.82, 2.24) is 29.8 Å². The molecule has 1 aliphatic heterocycles. The van der Waals surface area contributed by atoms with Gasteiger partial charge in [-0.2, -0.15) is 4.98 Å². The first-order valence-electron chi connectivity index (χ1n) is 10.2. The summed E-state index contributed by atoms with van der Waals surface area (Å²) >= 11 is 0. The lowest BCUT2D eigenvalue weighted by Gasteiger charge is -2.24. The number of nitrogens with zero attached hydrogens (tertiary/aromatic N) is 5. The molecule has 0 bridgehead atoms. The van der Waals surface area contributed by atoms with E-state index in [2.05, 4.69) is 43.5 Å². The predicted octanol–water partition coefficient (Wildman–Crippen LogP) is 2.49. The minimum atomic E-state index is -0.309. The summed E-state index contributed by atoms with van der Waals surface area (Å²) in [5, 5.41) is 7.09. The smallest absolute Gasteiger partial charge is 0.291 e. The van der Waals surface area contributed by atoms with Crippen LogP contribution in [0.1, 0.15) is 27.8 Å². The van der Waals surface area contributed by atoms with Crippen LogP contribution in [0.25, 0.3) is 5.78 Å². The molecule has 3 heterocycles. The fourth-order valence-electron chi connectivity index (χ4n) is 3.73. The van der Waals surface area contributed by atoms with Gasteiger partial charge in [-0.25, -0.2) is 9.50 Å². The van der Waals surface area contributed by atoms with Crippen LogP contribution in [0.3, 0.4) is 0 Å². The predicted molar refractivity (Wildman–Crippen MR) is 115 cm³/mol. The van der Waals surface area contributed by atoms with Gasteiger partial charge in [0.15, 0.2) is 0 Å². The lowest BCUT2D eigenvalue weighted by molar-refractivity contribution is 0.0933. The Morgan fingerprint density at radius 1 is 1.10 bits per heavy atom. The average molecular weight is 414 g/mol. The van der Waals surface area contributed by atoms with Crippen molar-refractivity contribution in [2.24, 2.45) is 0 Å². The molecule has 31 heavy (non-hydrogen) atoms. The van der Waals surface area contributed by atoms with Crippen molar-refractivity contribution >= 4 is 11.7 Å². The Bertz CT molecular complexity index is 1160. The van der Waals surface area contributed by atoms with Gasteiger partial charge in [0.05, 0.1) is 0 Å². The molecule has 4 aromatic rings. The monoisotopic (exact) mass is 414 g/mol. The number of nitrogens with one attached hydrogen (secondary N) is 1. The fourth-order valence-corrected chi connectivity index (χ4v) is 3.73. The van der Waals surface area contributed by atoms with Gasteiger partial charge in [-0.15, -0.1) is 5.10 Å². The Morgan fingerprint density at radius 3 is 2.81 bits per heavy atom. The SMILES string of the molecule is O=C(NCCN1Cc2ccccc2OC(c2ccccc2)C1)c1nc2ncccn2n1. The molecular formula is C23H22N6O2. The molecule has 5 rings (SSSR count). The molecule has 8 nitrogen and oxygen atoms in total. The minimum Gasteiger partial charge on any atom is -0.484 e. The van der Waals surface area contributed by atoms with Crippen LogP contribution in [0.4, 0.5) is 0 Å². The minimum absolute atomic E-state index is 0.0771. The largest absolute Gasteiger partial charge is 0.484 e. The Kier molecular flexibility index (Phi) is 5.28. The van der Waals surface area contributed by atoms with Gasteiger partial charge in [-0.1, -0.05) is 48.5 Å². The highest BCUT2D eigenvalue weighted by molar-refractivity contribution is 5.90. The van der Waals surface area contributed by atoms with E-state index >= 15 is 0 Å². The maximum Gasteiger partial charge on any atom is 0.291 e. The molecule has 2 aromatic carbocycles. The summed E-state index contributed by atoms with van der Waals surface area (Å²) in [5.74, 6) is 1.12. The first-order chi connectivity index (χ1) is 15.3. The first-order valence-corrected chi connectivity index (χ1v) is 10.2. The van der Waals surface area contributed by atoms with E-state index in [0.717, 1.165) is 30.0 Å². The maximum atomic E-state index is 12.5. The number of carbonyl (C=O) groups excluding carboxylic acids is 1. The Balaban J connectivity index is 1.27. The number of carbonyl (C=O) groups is 1. The summed E-state index contributed by atoms with van der Waals surface area (Å²) in [6.07, 6.45) is 3.25. The van der Waals surface area contributed by atoms with Crippen molar-refractivity contribution in [1.29, 1.82) is 0 Å². The second kappa shape index (κ2) is 8.53. The molecule has 0 spiro atoms. The van der Waals surface area contributed by atoms with Crippen molar-refractivity contribution < 1.29 is 9.53 Å². The summed E-state index contributed by atoms with van der Waals surface area (Å²) in [7, 11) is 0. The number of rotatable bonds is 5. The highest BCUT2D eigenvalue weighted by atomic mass is 16.5. The van der Waals surface area contributed by atoms with E-state index in [1.54, 1.807) is 18.5 Å². The molecule has 1 aliphatic rings. The van der Waals surface area contributed by atoms with Crippen LogP contribution in [0.2, 0.25) is 0 Å². The van der Waals surface area contributed by atoms with Crippen molar-refractivity contribution in [2.45, 2.75) is 12.6 Å². The van der Waals surface area contributed by atoms with Crippen molar-refractivity contribution in [2.75, 3.05) is 19.6 Å². The van der Waals surface area contributed by atoms with E-state index in [0.29, 0.717) is 18.9 Å². The van der Waals surface area contributed by atoms with Crippen LogP contribution in [0.15, 0.2) is 73.1 Å². The zero-order chi connectivity index (χ0) is 21.0. The standard InChI is InChI=1S/C23H22N6O2/c30-22(21-26-23-25-11-6-13-29(23)27-21)24-12-14-28-15-18-9-4-5-10-19(18)31-20(16-28)17-7-2-1-3-8-17/h1-11,13,20H,12,14-16H2,(H,24,30). The molecule has 1 N–H and O–H groups in total. The molecule has 0 aliphatic carbocycles. The number of hydrogen-bond acceptors (Lipinski definition) is 6. The lowest BCUT2D eigenvalue weighted by Crippen LogP contribution is -2.36. The van der Waals surface area contributed by atoms with Crippen molar-refractivity contribution in [3.63, 3.8) is 0 Å². The summed E-state index contributed by atoms with van der Waals surface area (Å²) in [5.41, 5.74) is 2.27. The van der Waals surface area contributed by atoms with E-state index in [-0.39, 0.29) is 17.8 Å². The third-order valence-electron chi connectivity index (χ3n) is 5.26. The van der Waals surface area contributed by atoms with E-state index < -0.39 is 0 Å². The number of amides is 1. The summed E-state index contributed by atoms with van der Waals surface area (Å²) in [4.78, 5) is 23.0. The normalized spacial score (nSPS) is 16.3. The van der Waals surface area contributed by atoms with Gasteiger partial charge >= 0.3 is 0 Å². The molecular weight excluding hydrogens is 392 g/mol. The number of aromatic nitrogens is 4. The number of ether oxygens (including phenoxy) is 1. The number of benzene rings is 2. The molecule has 0 radical (unpaired) electrons. The van der Waals surface area contributed by atoms with Crippen LogP contribution in [0, 0.1) is 0 Å². The van der Waals surface area contributed by atoms with Gasteiger partial charge in [0.2, 0.25) is 5.82 Å². The summed E-state index contributed by atoms with van der Waals surface area (Å²) in [6.45, 7) is 2.64. The Labute approximate surface area is 179 Å². The van der Waals surface area contributed by atoms with Crippen LogP contribution in [-0.2, 0) is 6.54 Å². The average Bonchev–Trinajstić information content (AvgIpc) is 3.15. The molecule has 156 valence electrons. The highest BCUT2D eigenvalue weighted by Crippen LogP contribution is 2.30. The van der Waals surface area contributed by atoms with E-state index in [4.69, 9.17) is 4.74 Å². The van der Waals surface area contributed by atoms with E-state index in [9.17, 15) is 4.79 Å². The van der Waals surface area contributed by atoms with Crippen molar-refractivity contribution in [3.05, 3.63) is 90.0 Å². The van der Waals surface area contributed by atoms with Gasteiger partial charge in [0, 0.05) is 44.1 Å². The van der Waals surface area contributed by atoms with Crippen LogP contribution in [0.5, 0.6) is 5.75 Å². The number of para-hydroxylation sites is 1. The van der Waals surface area contributed by atoms with Crippen LogP contribution >= 0.6 is 0 Å². The first kappa shape index (κ1) is 19.2. The van der Waals surface area contributed by atoms with E-state index in [1.165, 1.54) is 4.52 Å². The molecule has 8 heteroatoms. The van der Waals surface area contributed by atoms with Crippen molar-refractivity contribution in [3.8, 4) is 5.75 Å². The van der Waals surface area contributed by atoms with Gasteiger partial charge in [-0.05, 0) is 17.7 Å². The quantitative estimate of drug-likeness (QED) is 0.540. The Morgan fingerprint density at radius 2 is 1.94 bits per heavy atom. The molecule has 1 atom stereocenters. The molecule has 2 aromatic heterocycles. The van der Waals surface area contributed by atoms with Gasteiger partial charge in [0.1, 0.15) is 11.9 Å². The number of fused-ring (bicyclic) bond motifs is 2. The molecule has 0 saturated carbocycles. The second-order valence-corrected chi connectivity index (χ2v) is 7.42. The third kappa shape index (κ3) is 4.24. The van der Waals surface area contributed by atoms with Gasteiger partial charge < -0.3 is 10.1 Å². The fraction of sp³-hybridized carbons (Fsp3) is 0.217. The van der Waals surface area contributed by atoms with E-state index in [1.807, 2.05) is 36.4 Å². The molecule has 1 amide bonds. The molecule has 0 saturated heterocycles. The molecule has 0 fully saturated rings. The zero-order valence-corrected chi connectivity index (χ0v) is 16.9. The van der Waals surface area contributed by atoms with Gasteiger partial charge in [-0.3, -0.25) is 9.69 Å². The topological polar surface area (TPSA) is 84.7 Å². The zero-order valence-electron chi connectivity index (χ0n) is 16.9. The van der Waals surface area contributed by atoms with Crippen LogP contribution < -0.4 is 10.1 Å². The maximum absolute atomic E-state index is 12.5. The third-order valence-corrected chi connectivity index (χ3v) is 5.26. The Hall–Kier alpha value is -3.78. The second-order valence-electron chi connectivity index (χ2n) is 7.42. The molecule has 1 unspecified atom stereocenters.